The van der Waals surface area contributed by atoms with Crippen LogP contribution in [0.3, 0.4) is 0 Å². The summed E-state index contributed by atoms with van der Waals surface area (Å²) in [5.41, 5.74) is 2.09. The van der Waals surface area contributed by atoms with Gasteiger partial charge < -0.3 is 10.2 Å². The smallest absolute Gasteiger partial charge is 0.157 e. The summed E-state index contributed by atoms with van der Waals surface area (Å²) in [4.78, 5) is 0. The quantitative estimate of drug-likeness (QED) is 0.629. The van der Waals surface area contributed by atoms with Gasteiger partial charge in [-0.25, -0.2) is 0 Å². The number of benzene rings is 1. The number of hydrogen-bond acceptors (Lipinski definition) is 2. The van der Waals surface area contributed by atoms with Crippen molar-refractivity contribution < 1.29 is 10.2 Å². The summed E-state index contributed by atoms with van der Waals surface area (Å²) >= 11 is 0. The standard InChI is InChI=1S/C10H14O2/c1-6(2)8-5-10(12)9(11)4-7(8)3/h4-6,11-12H,1-3H3. The van der Waals surface area contributed by atoms with Crippen molar-refractivity contribution in [2.45, 2.75) is 26.7 Å². The molecule has 0 fully saturated rings. The van der Waals surface area contributed by atoms with Crippen molar-refractivity contribution in [3.8, 4) is 11.5 Å². The number of aromatic hydroxyl groups is 2. The van der Waals surface area contributed by atoms with Gasteiger partial charge in [0.1, 0.15) is 0 Å². The van der Waals surface area contributed by atoms with Gasteiger partial charge in [-0.1, -0.05) is 13.8 Å². The molecule has 0 atom stereocenters. The van der Waals surface area contributed by atoms with Gasteiger partial charge in [0.25, 0.3) is 0 Å². The zero-order valence-electron chi connectivity index (χ0n) is 7.63. The van der Waals surface area contributed by atoms with E-state index >= 15 is 0 Å². The van der Waals surface area contributed by atoms with E-state index in [0.29, 0.717) is 5.92 Å². The fourth-order valence-corrected chi connectivity index (χ4v) is 1.32. The fraction of sp³-hybridized carbons (Fsp3) is 0.400. The molecule has 0 aliphatic carbocycles. The van der Waals surface area contributed by atoms with Crippen LogP contribution >= 0.6 is 0 Å². The Kier molecular flexibility index (Phi) is 2.27. The summed E-state index contributed by atoms with van der Waals surface area (Å²) in [5.74, 6) is 0.290. The maximum atomic E-state index is 9.22. The van der Waals surface area contributed by atoms with Gasteiger partial charge >= 0.3 is 0 Å². The predicted octanol–water partition coefficient (Wildman–Crippen LogP) is 2.53. The van der Waals surface area contributed by atoms with Gasteiger partial charge in [0.2, 0.25) is 0 Å². The van der Waals surface area contributed by atoms with Crippen LogP contribution in [0.1, 0.15) is 30.9 Å². The van der Waals surface area contributed by atoms with Crippen LogP contribution in [0.15, 0.2) is 12.1 Å². The predicted molar refractivity (Wildman–Crippen MR) is 48.6 cm³/mol. The van der Waals surface area contributed by atoms with Crippen LogP contribution in [-0.2, 0) is 0 Å². The fourth-order valence-electron chi connectivity index (χ4n) is 1.32. The second-order valence-electron chi connectivity index (χ2n) is 3.35. The lowest BCUT2D eigenvalue weighted by Crippen LogP contribution is -1.91. The van der Waals surface area contributed by atoms with Crippen molar-refractivity contribution in [1.82, 2.24) is 0 Å². The summed E-state index contributed by atoms with van der Waals surface area (Å²) in [6.45, 7) is 6.03. The van der Waals surface area contributed by atoms with Crippen LogP contribution in [0.2, 0.25) is 0 Å². The number of phenols is 2. The van der Waals surface area contributed by atoms with Crippen LogP contribution in [0.25, 0.3) is 0 Å². The van der Waals surface area contributed by atoms with E-state index in [1.54, 1.807) is 12.1 Å². The molecule has 0 spiro atoms. The Hall–Kier alpha value is -1.18. The molecule has 1 rings (SSSR count). The minimum absolute atomic E-state index is 0.0377. The lowest BCUT2D eigenvalue weighted by atomic mass is 9.97. The van der Waals surface area contributed by atoms with E-state index in [0.717, 1.165) is 11.1 Å². The van der Waals surface area contributed by atoms with Crippen LogP contribution in [-0.4, -0.2) is 10.2 Å². The van der Waals surface area contributed by atoms with Crippen molar-refractivity contribution in [2.75, 3.05) is 0 Å². The Morgan fingerprint density at radius 3 is 2.08 bits per heavy atom. The molecule has 0 aromatic heterocycles. The first-order chi connectivity index (χ1) is 5.52. The summed E-state index contributed by atoms with van der Waals surface area (Å²) in [7, 11) is 0. The van der Waals surface area contributed by atoms with Crippen molar-refractivity contribution in [1.29, 1.82) is 0 Å². The normalized spacial score (nSPS) is 10.7. The zero-order chi connectivity index (χ0) is 9.30. The molecule has 0 saturated carbocycles. The van der Waals surface area contributed by atoms with Crippen molar-refractivity contribution >= 4 is 0 Å². The number of rotatable bonds is 1. The molecular weight excluding hydrogens is 152 g/mol. The third kappa shape index (κ3) is 1.52. The lowest BCUT2D eigenvalue weighted by molar-refractivity contribution is 0.402. The number of aryl methyl sites for hydroxylation is 1. The molecule has 0 saturated heterocycles. The van der Waals surface area contributed by atoms with E-state index in [2.05, 4.69) is 13.8 Å². The molecule has 0 radical (unpaired) electrons. The van der Waals surface area contributed by atoms with Crippen LogP contribution < -0.4 is 0 Å². The molecule has 0 bridgehead atoms. The van der Waals surface area contributed by atoms with E-state index in [9.17, 15) is 5.11 Å². The molecule has 0 unspecified atom stereocenters. The highest BCUT2D eigenvalue weighted by molar-refractivity contribution is 5.46. The Labute approximate surface area is 72.5 Å². The molecule has 12 heavy (non-hydrogen) atoms. The van der Waals surface area contributed by atoms with Crippen molar-refractivity contribution in [3.05, 3.63) is 23.3 Å². The molecular formula is C10H14O2. The Morgan fingerprint density at radius 2 is 1.58 bits per heavy atom. The molecule has 2 N–H and O–H groups in total. The maximum absolute atomic E-state index is 9.22. The highest BCUT2D eigenvalue weighted by atomic mass is 16.3. The maximum Gasteiger partial charge on any atom is 0.157 e. The molecule has 0 heterocycles. The topological polar surface area (TPSA) is 40.5 Å². The summed E-state index contributed by atoms with van der Waals surface area (Å²) in [6.07, 6.45) is 0. The minimum atomic E-state index is -0.0445. The first kappa shape index (κ1) is 8.91. The van der Waals surface area contributed by atoms with Crippen LogP contribution in [0, 0.1) is 6.92 Å². The van der Waals surface area contributed by atoms with Crippen LogP contribution in [0.4, 0.5) is 0 Å². The highest BCUT2D eigenvalue weighted by Crippen LogP contribution is 2.31. The molecule has 2 heteroatoms. The molecule has 0 amide bonds. The van der Waals surface area contributed by atoms with Gasteiger partial charge in [-0.3, -0.25) is 0 Å². The molecule has 2 nitrogen and oxygen atoms in total. The van der Waals surface area contributed by atoms with Crippen molar-refractivity contribution in [2.24, 2.45) is 0 Å². The summed E-state index contributed by atoms with van der Waals surface area (Å²) in [5, 5.41) is 18.4. The SMILES string of the molecule is Cc1cc(O)c(O)cc1C(C)C. The Bertz CT molecular complexity index is 290. The van der Waals surface area contributed by atoms with Gasteiger partial charge in [0.15, 0.2) is 11.5 Å². The lowest BCUT2D eigenvalue weighted by Gasteiger charge is -2.10. The van der Waals surface area contributed by atoms with Crippen molar-refractivity contribution in [3.63, 3.8) is 0 Å². The molecule has 1 aromatic rings. The molecule has 66 valence electrons. The average molecular weight is 166 g/mol. The second-order valence-corrected chi connectivity index (χ2v) is 3.35. The first-order valence-corrected chi connectivity index (χ1v) is 4.05. The van der Waals surface area contributed by atoms with Gasteiger partial charge in [-0.05, 0) is 36.1 Å². The Morgan fingerprint density at radius 1 is 1.08 bits per heavy atom. The summed E-state index contributed by atoms with van der Waals surface area (Å²) < 4.78 is 0. The average Bonchev–Trinajstić information content (AvgIpc) is 1.96. The number of hydrogen-bond donors (Lipinski definition) is 2. The summed E-state index contributed by atoms with van der Waals surface area (Å²) in [6, 6.07) is 3.21. The minimum Gasteiger partial charge on any atom is -0.504 e. The second kappa shape index (κ2) is 3.05. The van der Waals surface area contributed by atoms with E-state index < -0.39 is 0 Å². The van der Waals surface area contributed by atoms with Crippen LogP contribution in [0.5, 0.6) is 11.5 Å². The van der Waals surface area contributed by atoms with E-state index in [1.165, 1.54) is 0 Å². The molecule has 0 aliphatic heterocycles. The largest absolute Gasteiger partial charge is 0.504 e. The van der Waals surface area contributed by atoms with Gasteiger partial charge in [-0.15, -0.1) is 0 Å². The molecule has 1 aromatic carbocycles. The monoisotopic (exact) mass is 166 g/mol. The molecule has 0 aliphatic rings. The third-order valence-electron chi connectivity index (χ3n) is 1.99. The highest BCUT2D eigenvalue weighted by Gasteiger charge is 2.07. The third-order valence-corrected chi connectivity index (χ3v) is 1.99. The van der Waals surface area contributed by atoms with E-state index in [4.69, 9.17) is 5.11 Å². The van der Waals surface area contributed by atoms with Gasteiger partial charge in [0.05, 0.1) is 0 Å². The van der Waals surface area contributed by atoms with Gasteiger partial charge in [-0.2, -0.15) is 0 Å². The Balaban J connectivity index is 3.23. The number of phenolic OH excluding ortho intramolecular Hbond substituents is 2. The van der Waals surface area contributed by atoms with E-state index in [-0.39, 0.29) is 11.5 Å². The zero-order valence-corrected chi connectivity index (χ0v) is 7.63. The van der Waals surface area contributed by atoms with E-state index in [1.807, 2.05) is 6.92 Å². The van der Waals surface area contributed by atoms with Gasteiger partial charge in [0, 0.05) is 0 Å². The first-order valence-electron chi connectivity index (χ1n) is 4.05.